The van der Waals surface area contributed by atoms with Gasteiger partial charge in [0, 0.05) is 10.6 Å². The van der Waals surface area contributed by atoms with Gasteiger partial charge >= 0.3 is 0 Å². The highest BCUT2D eigenvalue weighted by molar-refractivity contribution is 7.98. The maximum atomic E-state index is 8.87. The van der Waals surface area contributed by atoms with Gasteiger partial charge in [-0.3, -0.25) is 0 Å². The molecule has 0 heterocycles. The van der Waals surface area contributed by atoms with E-state index >= 15 is 0 Å². The highest BCUT2D eigenvalue weighted by atomic mass is 32.2. The molecule has 1 nitrogen and oxygen atoms in total. The smallest absolute Gasteiger partial charge is 0.0991 e. The molecule has 0 aromatic heterocycles. The lowest BCUT2D eigenvalue weighted by molar-refractivity contribution is 1.24. The molecular weight excluding hydrogens is 250 g/mol. The van der Waals surface area contributed by atoms with Crippen molar-refractivity contribution >= 4 is 11.8 Å². The van der Waals surface area contributed by atoms with Crippen molar-refractivity contribution in [2.24, 2.45) is 0 Å². The Morgan fingerprint density at radius 3 is 2.47 bits per heavy atom. The van der Waals surface area contributed by atoms with E-state index in [0.29, 0.717) is 0 Å². The summed E-state index contributed by atoms with van der Waals surface area (Å²) in [5.41, 5.74) is 5.84. The van der Waals surface area contributed by atoms with Crippen LogP contribution in [0.3, 0.4) is 0 Å². The van der Waals surface area contributed by atoms with Crippen LogP contribution in [0.15, 0.2) is 41.3 Å². The fourth-order valence-electron chi connectivity index (χ4n) is 1.95. The quantitative estimate of drug-likeness (QED) is 0.747. The van der Waals surface area contributed by atoms with Gasteiger partial charge in [-0.25, -0.2) is 0 Å². The number of aryl methyl sites for hydroxylation is 3. The molecule has 0 saturated heterocycles. The zero-order chi connectivity index (χ0) is 13.8. The first kappa shape index (κ1) is 13.7. The molecule has 0 aliphatic carbocycles. The molecule has 2 aromatic rings. The van der Waals surface area contributed by atoms with Gasteiger partial charge in [0.25, 0.3) is 0 Å². The van der Waals surface area contributed by atoms with Crippen LogP contribution < -0.4 is 0 Å². The van der Waals surface area contributed by atoms with Crippen LogP contribution in [0.1, 0.15) is 27.8 Å². The average molecular weight is 267 g/mol. The fraction of sp³-hybridized carbons (Fsp3) is 0.235. The molecule has 0 spiro atoms. The van der Waals surface area contributed by atoms with Gasteiger partial charge in [0.15, 0.2) is 0 Å². The molecular formula is C17H17NS. The van der Waals surface area contributed by atoms with E-state index in [1.54, 1.807) is 0 Å². The molecule has 0 aliphatic heterocycles. The minimum atomic E-state index is 0.734. The van der Waals surface area contributed by atoms with Crippen LogP contribution in [0, 0.1) is 32.1 Å². The lowest BCUT2D eigenvalue weighted by Crippen LogP contribution is -1.89. The van der Waals surface area contributed by atoms with Gasteiger partial charge < -0.3 is 0 Å². The zero-order valence-corrected chi connectivity index (χ0v) is 12.3. The topological polar surface area (TPSA) is 23.8 Å². The molecule has 0 aliphatic rings. The summed E-state index contributed by atoms with van der Waals surface area (Å²) in [6.07, 6.45) is 0. The molecule has 0 unspecified atom stereocenters. The second kappa shape index (κ2) is 5.95. The summed E-state index contributed by atoms with van der Waals surface area (Å²) in [6.45, 7) is 6.34. The maximum absolute atomic E-state index is 8.87. The van der Waals surface area contributed by atoms with E-state index in [2.05, 4.69) is 51.1 Å². The third-order valence-corrected chi connectivity index (χ3v) is 4.40. The molecule has 0 atom stereocenters. The fourth-order valence-corrected chi connectivity index (χ4v) is 3.15. The Hall–Kier alpha value is -1.72. The Labute approximate surface area is 119 Å². The van der Waals surface area contributed by atoms with Gasteiger partial charge in [0.2, 0.25) is 0 Å². The first-order chi connectivity index (χ1) is 9.10. The van der Waals surface area contributed by atoms with Crippen LogP contribution in [0.25, 0.3) is 0 Å². The van der Waals surface area contributed by atoms with Crippen LogP contribution in [0.2, 0.25) is 0 Å². The number of benzene rings is 2. The molecule has 0 radical (unpaired) electrons. The summed E-state index contributed by atoms with van der Waals surface area (Å²) in [4.78, 5) is 1.34. The van der Waals surface area contributed by atoms with Crippen molar-refractivity contribution in [3.8, 4) is 6.07 Å². The predicted octanol–water partition coefficient (Wildman–Crippen LogP) is 4.78. The van der Waals surface area contributed by atoms with E-state index in [0.717, 1.165) is 11.3 Å². The van der Waals surface area contributed by atoms with Crippen molar-refractivity contribution in [2.75, 3.05) is 0 Å². The van der Waals surface area contributed by atoms with E-state index in [-0.39, 0.29) is 0 Å². The first-order valence-electron chi connectivity index (χ1n) is 6.30. The molecule has 2 rings (SSSR count). The number of hydrogen-bond acceptors (Lipinski definition) is 2. The minimum Gasteiger partial charge on any atom is -0.192 e. The van der Waals surface area contributed by atoms with Crippen LogP contribution in [-0.2, 0) is 5.75 Å². The molecule has 0 fully saturated rings. The summed E-state index contributed by atoms with van der Waals surface area (Å²) in [7, 11) is 0. The molecule has 96 valence electrons. The molecule has 2 aromatic carbocycles. The van der Waals surface area contributed by atoms with Gasteiger partial charge in [-0.05, 0) is 55.7 Å². The summed E-state index contributed by atoms with van der Waals surface area (Å²) in [6, 6.07) is 14.6. The maximum Gasteiger partial charge on any atom is 0.0991 e. The third kappa shape index (κ3) is 3.39. The third-order valence-electron chi connectivity index (χ3n) is 3.20. The van der Waals surface area contributed by atoms with Crippen molar-refractivity contribution in [3.05, 3.63) is 64.2 Å². The molecule has 0 bridgehead atoms. The van der Waals surface area contributed by atoms with Crippen molar-refractivity contribution in [1.82, 2.24) is 0 Å². The van der Waals surface area contributed by atoms with E-state index < -0.39 is 0 Å². The van der Waals surface area contributed by atoms with Crippen LogP contribution in [0.5, 0.6) is 0 Å². The molecule has 0 amide bonds. The van der Waals surface area contributed by atoms with Gasteiger partial charge in [0.05, 0.1) is 11.6 Å². The van der Waals surface area contributed by atoms with Crippen molar-refractivity contribution < 1.29 is 0 Å². The molecule has 19 heavy (non-hydrogen) atoms. The predicted molar refractivity (Wildman–Crippen MR) is 81.4 cm³/mol. The van der Waals surface area contributed by atoms with E-state index in [4.69, 9.17) is 5.26 Å². The monoisotopic (exact) mass is 267 g/mol. The standard InChI is InChI=1S/C17H17NS/c1-12-4-5-13(2)17(8-12)19-11-16-7-6-15(10-18)9-14(16)3/h4-9H,11H2,1-3H3. The van der Waals surface area contributed by atoms with Gasteiger partial charge in [-0.2, -0.15) is 5.26 Å². The Morgan fingerprint density at radius 1 is 1.00 bits per heavy atom. The lowest BCUT2D eigenvalue weighted by Gasteiger charge is -2.09. The Balaban J connectivity index is 2.15. The Kier molecular flexibility index (Phi) is 4.29. The van der Waals surface area contributed by atoms with Crippen LogP contribution >= 0.6 is 11.8 Å². The molecule has 0 saturated carbocycles. The number of rotatable bonds is 3. The average Bonchev–Trinajstić information content (AvgIpc) is 2.40. The molecule has 0 N–H and O–H groups in total. The SMILES string of the molecule is Cc1ccc(C)c(SCc2ccc(C#N)cc2C)c1. The zero-order valence-electron chi connectivity index (χ0n) is 11.5. The normalized spacial score (nSPS) is 10.2. The minimum absolute atomic E-state index is 0.734. The highest BCUT2D eigenvalue weighted by Gasteiger charge is 2.04. The van der Waals surface area contributed by atoms with Crippen molar-refractivity contribution in [2.45, 2.75) is 31.4 Å². The van der Waals surface area contributed by atoms with Crippen LogP contribution in [0.4, 0.5) is 0 Å². The number of hydrogen-bond donors (Lipinski definition) is 0. The van der Waals surface area contributed by atoms with E-state index in [1.165, 1.54) is 27.1 Å². The summed E-state index contributed by atoms with van der Waals surface area (Å²) < 4.78 is 0. The number of nitriles is 1. The van der Waals surface area contributed by atoms with E-state index in [9.17, 15) is 0 Å². The van der Waals surface area contributed by atoms with Crippen molar-refractivity contribution in [1.29, 1.82) is 5.26 Å². The number of thioether (sulfide) groups is 1. The summed E-state index contributed by atoms with van der Waals surface area (Å²) in [5, 5.41) is 8.87. The largest absolute Gasteiger partial charge is 0.192 e. The Bertz CT molecular complexity index is 638. The summed E-state index contributed by atoms with van der Waals surface area (Å²) >= 11 is 1.86. The molecule has 2 heteroatoms. The second-order valence-corrected chi connectivity index (χ2v) is 5.83. The second-order valence-electron chi connectivity index (χ2n) is 4.81. The lowest BCUT2D eigenvalue weighted by atomic mass is 10.1. The summed E-state index contributed by atoms with van der Waals surface area (Å²) in [5.74, 6) is 0.946. The van der Waals surface area contributed by atoms with E-state index in [1.807, 2.05) is 23.9 Å². The first-order valence-corrected chi connectivity index (χ1v) is 7.28. The highest BCUT2D eigenvalue weighted by Crippen LogP contribution is 2.28. The number of nitrogens with zero attached hydrogens (tertiary/aromatic N) is 1. The van der Waals surface area contributed by atoms with Gasteiger partial charge in [-0.15, -0.1) is 11.8 Å². The van der Waals surface area contributed by atoms with Crippen molar-refractivity contribution in [3.63, 3.8) is 0 Å². The Morgan fingerprint density at radius 2 is 1.79 bits per heavy atom. The van der Waals surface area contributed by atoms with Gasteiger partial charge in [-0.1, -0.05) is 23.8 Å². The van der Waals surface area contributed by atoms with Gasteiger partial charge in [0.1, 0.15) is 0 Å². The van der Waals surface area contributed by atoms with Crippen LogP contribution in [-0.4, -0.2) is 0 Å².